The van der Waals surface area contributed by atoms with Gasteiger partial charge in [0.25, 0.3) is 0 Å². The van der Waals surface area contributed by atoms with E-state index in [2.05, 4.69) is 108 Å². The highest BCUT2D eigenvalue weighted by Crippen LogP contribution is 2.50. The van der Waals surface area contributed by atoms with Gasteiger partial charge in [-0.05, 0) is 98.4 Å². The van der Waals surface area contributed by atoms with Crippen LogP contribution in [0.15, 0.2) is 95.7 Å². The Hall–Kier alpha value is -3.60. The summed E-state index contributed by atoms with van der Waals surface area (Å²) in [6.07, 6.45) is 4.92. The van der Waals surface area contributed by atoms with Crippen molar-refractivity contribution in [2.24, 2.45) is 0 Å². The van der Waals surface area contributed by atoms with Gasteiger partial charge in [0.15, 0.2) is 11.5 Å². The number of hydrogen-bond donors (Lipinski definition) is 0. The van der Waals surface area contributed by atoms with E-state index in [9.17, 15) is 0 Å². The summed E-state index contributed by atoms with van der Waals surface area (Å²) < 4.78 is 6.68. The molecule has 0 saturated heterocycles. The van der Waals surface area contributed by atoms with Crippen LogP contribution in [0.25, 0.3) is 42.4 Å². The molecule has 0 spiro atoms. The summed E-state index contributed by atoms with van der Waals surface area (Å²) in [7, 11) is 0. The van der Waals surface area contributed by atoms with Gasteiger partial charge in [-0.15, -0.1) is 22.7 Å². The second kappa shape index (κ2) is 9.94. The van der Waals surface area contributed by atoms with E-state index in [-0.39, 0.29) is 0 Å². The van der Waals surface area contributed by atoms with Crippen molar-refractivity contribution in [1.29, 1.82) is 0 Å². The van der Waals surface area contributed by atoms with Crippen LogP contribution >= 0.6 is 22.7 Å². The molecule has 1 aliphatic rings. The third kappa shape index (κ3) is 4.28. The molecule has 0 bridgehead atoms. The van der Waals surface area contributed by atoms with E-state index in [0.717, 1.165) is 24.5 Å². The summed E-state index contributed by atoms with van der Waals surface area (Å²) in [4.78, 5) is 5.08. The van der Waals surface area contributed by atoms with E-state index in [1.807, 2.05) is 0 Å². The van der Waals surface area contributed by atoms with Crippen molar-refractivity contribution >= 4 is 55.6 Å². The van der Waals surface area contributed by atoms with Gasteiger partial charge in [0.1, 0.15) is 0 Å². The first kappa shape index (κ1) is 23.5. The van der Waals surface area contributed by atoms with Gasteiger partial charge in [-0.3, -0.25) is 0 Å². The quantitative estimate of drug-likeness (QED) is 0.190. The Kier molecular flexibility index (Phi) is 6.15. The lowest BCUT2D eigenvalue weighted by Crippen LogP contribution is -2.22. The number of unbranched alkanes of at least 4 members (excludes halogenated alkanes) is 3. The molecule has 7 rings (SSSR count). The van der Waals surface area contributed by atoms with E-state index >= 15 is 0 Å². The Morgan fingerprint density at radius 1 is 0.605 bits per heavy atom. The number of anilines is 2. The van der Waals surface area contributed by atoms with Gasteiger partial charge in [0, 0.05) is 16.3 Å². The van der Waals surface area contributed by atoms with Gasteiger partial charge in [-0.1, -0.05) is 62.6 Å². The minimum atomic E-state index is 0.942. The highest BCUT2D eigenvalue weighted by molar-refractivity contribution is 7.13. The molecule has 1 aliphatic heterocycles. The van der Waals surface area contributed by atoms with Crippen molar-refractivity contribution in [3.63, 3.8) is 0 Å². The maximum atomic E-state index is 6.68. The van der Waals surface area contributed by atoms with Gasteiger partial charge in [-0.2, -0.15) is 0 Å². The van der Waals surface area contributed by atoms with Crippen LogP contribution in [0.2, 0.25) is 0 Å². The minimum Gasteiger partial charge on any atom is -0.453 e. The number of benzene rings is 4. The summed E-state index contributed by atoms with van der Waals surface area (Å²) in [6.45, 7) is 3.26. The molecule has 3 heterocycles. The van der Waals surface area contributed by atoms with Crippen LogP contribution in [0.4, 0.5) is 11.4 Å². The van der Waals surface area contributed by atoms with Gasteiger partial charge in [0.2, 0.25) is 0 Å². The van der Waals surface area contributed by atoms with Gasteiger partial charge >= 0.3 is 0 Å². The predicted octanol–water partition coefficient (Wildman–Crippen LogP) is 11.3. The van der Waals surface area contributed by atoms with Crippen molar-refractivity contribution in [3.05, 3.63) is 95.7 Å². The average Bonchev–Trinajstić information content (AvgIpc) is 3.67. The minimum absolute atomic E-state index is 0.942. The number of ether oxygens (including phenoxy) is 1. The Bertz CT molecular complexity index is 1610. The smallest absolute Gasteiger partial charge is 0.151 e. The summed E-state index contributed by atoms with van der Waals surface area (Å²) in [5.41, 5.74) is 4.85. The maximum Gasteiger partial charge on any atom is 0.151 e. The lowest BCUT2D eigenvalue weighted by molar-refractivity contribution is 0.473. The van der Waals surface area contributed by atoms with Crippen LogP contribution in [0.5, 0.6) is 11.5 Å². The Morgan fingerprint density at radius 3 is 1.68 bits per heavy atom. The van der Waals surface area contributed by atoms with E-state index in [0.29, 0.717) is 0 Å². The molecule has 0 N–H and O–H groups in total. The fourth-order valence-electron chi connectivity index (χ4n) is 5.49. The van der Waals surface area contributed by atoms with E-state index in [4.69, 9.17) is 4.74 Å². The molecule has 0 amide bonds. The van der Waals surface area contributed by atoms with Crippen LogP contribution in [-0.4, -0.2) is 6.54 Å². The average molecular weight is 532 g/mol. The summed E-state index contributed by atoms with van der Waals surface area (Å²) in [6, 6.07) is 31.3. The van der Waals surface area contributed by atoms with E-state index < -0.39 is 0 Å². The van der Waals surface area contributed by atoms with Crippen LogP contribution < -0.4 is 9.64 Å². The zero-order valence-electron chi connectivity index (χ0n) is 21.4. The zero-order chi connectivity index (χ0) is 25.5. The number of hydrogen-bond acceptors (Lipinski definition) is 4. The standard InChI is InChI=1S/C34H29NOS2/c1-2-3-4-5-14-35-29-19-23-10-12-25(33-8-6-15-37-33)17-27(23)21-31(29)36-32-22-28-18-26(34-9-7-16-38-34)13-11-24(28)20-30(32)35/h6-13,15-22H,2-5,14H2,1H3. The van der Waals surface area contributed by atoms with Crippen molar-refractivity contribution < 1.29 is 4.74 Å². The third-order valence-electron chi connectivity index (χ3n) is 7.48. The van der Waals surface area contributed by atoms with Gasteiger partial charge in [0.05, 0.1) is 11.4 Å². The van der Waals surface area contributed by atoms with E-state index in [1.54, 1.807) is 22.7 Å². The zero-order valence-corrected chi connectivity index (χ0v) is 23.1. The molecule has 2 nitrogen and oxygen atoms in total. The highest BCUT2D eigenvalue weighted by Gasteiger charge is 2.25. The second-order valence-corrected chi connectivity index (χ2v) is 11.9. The summed E-state index contributed by atoms with van der Waals surface area (Å²) in [5.74, 6) is 1.88. The first-order valence-corrected chi connectivity index (χ1v) is 15.2. The third-order valence-corrected chi connectivity index (χ3v) is 9.32. The normalized spacial score (nSPS) is 12.5. The summed E-state index contributed by atoms with van der Waals surface area (Å²) in [5, 5.41) is 9.19. The van der Waals surface area contributed by atoms with Crippen molar-refractivity contribution in [3.8, 4) is 32.4 Å². The Labute approximate surface area is 231 Å². The van der Waals surface area contributed by atoms with Crippen LogP contribution in [-0.2, 0) is 0 Å². The molecule has 0 saturated carbocycles. The Morgan fingerprint density at radius 2 is 1.18 bits per heavy atom. The molecule has 188 valence electrons. The number of rotatable bonds is 7. The monoisotopic (exact) mass is 531 g/mol. The first-order valence-electron chi connectivity index (χ1n) is 13.5. The van der Waals surface area contributed by atoms with Gasteiger partial charge < -0.3 is 9.64 Å². The molecule has 0 fully saturated rings. The molecule has 6 aromatic rings. The second-order valence-electron chi connectivity index (χ2n) is 10.0. The Balaban J connectivity index is 1.33. The summed E-state index contributed by atoms with van der Waals surface area (Å²) >= 11 is 3.56. The van der Waals surface area contributed by atoms with Gasteiger partial charge in [-0.25, -0.2) is 0 Å². The molecule has 2 aromatic heterocycles. The van der Waals surface area contributed by atoms with Crippen LogP contribution in [0.3, 0.4) is 0 Å². The molecular weight excluding hydrogens is 503 g/mol. The van der Waals surface area contributed by atoms with E-state index in [1.165, 1.54) is 73.1 Å². The largest absolute Gasteiger partial charge is 0.453 e. The van der Waals surface area contributed by atoms with Crippen LogP contribution in [0, 0.1) is 0 Å². The molecule has 0 unspecified atom stereocenters. The fraction of sp³-hybridized carbons (Fsp3) is 0.176. The molecule has 4 aromatic carbocycles. The SMILES string of the molecule is CCCCCCN1c2cc3ccc(-c4cccs4)cc3cc2Oc2cc3cc(-c4cccs4)ccc3cc21. The lowest BCUT2D eigenvalue weighted by atomic mass is 10.0. The topological polar surface area (TPSA) is 12.5 Å². The highest BCUT2D eigenvalue weighted by atomic mass is 32.1. The molecule has 0 radical (unpaired) electrons. The predicted molar refractivity (Wildman–Crippen MR) is 166 cm³/mol. The van der Waals surface area contributed by atoms with Crippen LogP contribution in [0.1, 0.15) is 32.6 Å². The lowest BCUT2D eigenvalue weighted by Gasteiger charge is -2.33. The molecule has 0 atom stereocenters. The molecule has 38 heavy (non-hydrogen) atoms. The fourth-order valence-corrected chi connectivity index (χ4v) is 6.94. The van der Waals surface area contributed by atoms with Crippen molar-refractivity contribution in [2.45, 2.75) is 32.6 Å². The van der Waals surface area contributed by atoms with Crippen molar-refractivity contribution in [1.82, 2.24) is 0 Å². The maximum absolute atomic E-state index is 6.68. The molecular formula is C34H29NOS2. The molecule has 4 heteroatoms. The first-order chi connectivity index (χ1) is 18.8. The number of thiophene rings is 2. The molecule has 0 aliphatic carbocycles. The number of fused-ring (bicyclic) bond motifs is 4. The number of nitrogens with zero attached hydrogens (tertiary/aromatic N) is 1. The van der Waals surface area contributed by atoms with Crippen molar-refractivity contribution in [2.75, 3.05) is 11.4 Å².